The van der Waals surface area contributed by atoms with Crippen LogP contribution < -0.4 is 0 Å². The van der Waals surface area contributed by atoms with Crippen molar-refractivity contribution in [2.75, 3.05) is 19.8 Å². The Bertz CT molecular complexity index is 302. The second-order valence-electron chi connectivity index (χ2n) is 9.11. The third-order valence-corrected chi connectivity index (χ3v) is 6.24. The van der Waals surface area contributed by atoms with E-state index in [-0.39, 0.29) is 6.29 Å². The van der Waals surface area contributed by atoms with Crippen molar-refractivity contribution < 1.29 is 14.6 Å². The number of hydrogen-bond donors (Lipinski definition) is 1. The van der Waals surface area contributed by atoms with Crippen LogP contribution in [-0.4, -0.2) is 31.2 Å². The largest absolute Gasteiger partial charge is 0.396 e. The predicted molar refractivity (Wildman–Crippen MR) is 124 cm³/mol. The van der Waals surface area contributed by atoms with Gasteiger partial charge in [-0.2, -0.15) is 0 Å². The Morgan fingerprint density at radius 1 is 0.552 bits per heavy atom. The summed E-state index contributed by atoms with van der Waals surface area (Å²) in [6, 6.07) is 0. The lowest BCUT2D eigenvalue weighted by atomic mass is 10.0. The van der Waals surface area contributed by atoms with Crippen molar-refractivity contribution in [2.45, 2.75) is 148 Å². The molecule has 0 aromatic rings. The molecule has 0 saturated carbocycles. The van der Waals surface area contributed by atoms with E-state index in [4.69, 9.17) is 14.6 Å². The fourth-order valence-corrected chi connectivity index (χ4v) is 4.28. The van der Waals surface area contributed by atoms with Crippen molar-refractivity contribution in [3.63, 3.8) is 0 Å². The van der Waals surface area contributed by atoms with E-state index >= 15 is 0 Å². The fraction of sp³-hybridized carbons (Fsp3) is 1.00. The van der Waals surface area contributed by atoms with Crippen LogP contribution in [0.5, 0.6) is 0 Å². The monoisotopic (exact) mass is 412 g/mol. The van der Waals surface area contributed by atoms with Crippen LogP contribution in [0.1, 0.15) is 141 Å². The molecule has 3 heteroatoms. The Labute approximate surface area is 182 Å². The summed E-state index contributed by atoms with van der Waals surface area (Å²) in [5.41, 5.74) is 0. The Morgan fingerprint density at radius 3 is 1.34 bits per heavy atom. The van der Waals surface area contributed by atoms with Crippen LogP contribution in [0.15, 0.2) is 0 Å². The number of rotatable bonds is 22. The highest BCUT2D eigenvalue weighted by Crippen LogP contribution is 2.16. The molecule has 1 rings (SSSR count). The van der Waals surface area contributed by atoms with Gasteiger partial charge in [-0.1, -0.05) is 109 Å². The Kier molecular flexibility index (Phi) is 20.9. The molecule has 3 nitrogen and oxygen atoms in total. The third-order valence-electron chi connectivity index (χ3n) is 6.24. The van der Waals surface area contributed by atoms with E-state index in [0.29, 0.717) is 6.61 Å². The minimum Gasteiger partial charge on any atom is -0.396 e. The average Bonchev–Trinajstić information content (AvgIpc) is 2.75. The molecule has 29 heavy (non-hydrogen) atoms. The quantitative estimate of drug-likeness (QED) is 0.183. The number of unbranched alkanes of at least 4 members (excludes halogenated alkanes) is 18. The first kappa shape index (κ1) is 26.9. The van der Waals surface area contributed by atoms with Gasteiger partial charge in [-0.3, -0.25) is 0 Å². The van der Waals surface area contributed by atoms with Crippen molar-refractivity contribution in [2.24, 2.45) is 0 Å². The van der Waals surface area contributed by atoms with Crippen molar-refractivity contribution >= 4 is 0 Å². The van der Waals surface area contributed by atoms with Gasteiger partial charge in [0.1, 0.15) is 0 Å². The van der Waals surface area contributed by atoms with Gasteiger partial charge in [0.15, 0.2) is 6.29 Å². The highest BCUT2D eigenvalue weighted by molar-refractivity contribution is 4.54. The maximum Gasteiger partial charge on any atom is 0.157 e. The molecule has 0 spiro atoms. The fourth-order valence-electron chi connectivity index (χ4n) is 4.28. The Morgan fingerprint density at radius 2 is 0.966 bits per heavy atom. The molecule has 1 heterocycles. The molecular weight excluding hydrogens is 360 g/mol. The summed E-state index contributed by atoms with van der Waals surface area (Å²) in [4.78, 5) is 0. The van der Waals surface area contributed by atoms with E-state index in [1.54, 1.807) is 0 Å². The second kappa shape index (κ2) is 22.6. The zero-order valence-corrected chi connectivity index (χ0v) is 19.5. The maximum absolute atomic E-state index is 8.75. The highest BCUT2D eigenvalue weighted by atomic mass is 16.7. The standard InChI is InChI=1S/C26H52O3/c27-23-19-16-14-12-10-8-6-4-2-1-3-5-7-9-11-13-15-17-20-24-28-26-22-18-21-25-29-26/h26-27H,1-25H2. The third kappa shape index (κ3) is 19.6. The maximum atomic E-state index is 8.75. The van der Waals surface area contributed by atoms with Crippen LogP contribution >= 0.6 is 0 Å². The van der Waals surface area contributed by atoms with Gasteiger partial charge in [-0.25, -0.2) is 0 Å². The van der Waals surface area contributed by atoms with Crippen molar-refractivity contribution in [1.29, 1.82) is 0 Å². The van der Waals surface area contributed by atoms with Crippen LogP contribution in [0.25, 0.3) is 0 Å². The molecular formula is C26H52O3. The molecule has 1 aliphatic heterocycles. The van der Waals surface area contributed by atoms with Crippen LogP contribution in [0.2, 0.25) is 0 Å². The minimum absolute atomic E-state index is 0.0940. The first-order valence-electron chi connectivity index (χ1n) is 13.3. The number of aliphatic hydroxyl groups excluding tert-OH is 1. The SMILES string of the molecule is OCCCCCCCCCCCCCCCCCCCCCOC1CCCCO1. The molecule has 1 atom stereocenters. The average molecular weight is 413 g/mol. The summed E-state index contributed by atoms with van der Waals surface area (Å²) in [5.74, 6) is 0. The number of ether oxygens (including phenoxy) is 2. The molecule has 0 radical (unpaired) electrons. The molecule has 1 fully saturated rings. The van der Waals surface area contributed by atoms with Gasteiger partial charge in [0, 0.05) is 19.8 Å². The lowest BCUT2D eigenvalue weighted by Crippen LogP contribution is -2.22. The normalized spacial score (nSPS) is 17.1. The predicted octanol–water partition coefficient (Wildman–Crippen LogP) is 7.93. The van der Waals surface area contributed by atoms with Crippen LogP contribution in [0, 0.1) is 0 Å². The molecule has 174 valence electrons. The zero-order valence-electron chi connectivity index (χ0n) is 19.5. The van der Waals surface area contributed by atoms with E-state index < -0.39 is 0 Å². The van der Waals surface area contributed by atoms with Crippen LogP contribution in [0.3, 0.4) is 0 Å². The molecule has 0 aliphatic carbocycles. The summed E-state index contributed by atoms with van der Waals surface area (Å²) >= 11 is 0. The van der Waals surface area contributed by atoms with E-state index in [1.165, 1.54) is 128 Å². The molecule has 0 bridgehead atoms. The number of aliphatic hydroxyl groups is 1. The summed E-state index contributed by atoms with van der Waals surface area (Å²) < 4.78 is 11.4. The summed E-state index contributed by atoms with van der Waals surface area (Å²) in [5, 5.41) is 8.75. The van der Waals surface area contributed by atoms with Crippen LogP contribution in [0.4, 0.5) is 0 Å². The second-order valence-corrected chi connectivity index (χ2v) is 9.11. The molecule has 0 aromatic carbocycles. The molecule has 1 saturated heterocycles. The zero-order chi connectivity index (χ0) is 20.7. The number of hydrogen-bond acceptors (Lipinski definition) is 3. The Hall–Kier alpha value is -0.120. The lowest BCUT2D eigenvalue weighted by Gasteiger charge is -2.22. The van der Waals surface area contributed by atoms with Crippen molar-refractivity contribution in [3.8, 4) is 0 Å². The smallest absolute Gasteiger partial charge is 0.157 e. The minimum atomic E-state index is 0.0940. The first-order valence-corrected chi connectivity index (χ1v) is 13.3. The molecule has 0 amide bonds. The van der Waals surface area contributed by atoms with Gasteiger partial charge in [0.05, 0.1) is 0 Å². The van der Waals surface area contributed by atoms with Crippen molar-refractivity contribution in [1.82, 2.24) is 0 Å². The Balaban J connectivity index is 1.63. The van der Waals surface area contributed by atoms with Gasteiger partial charge in [-0.15, -0.1) is 0 Å². The summed E-state index contributed by atoms with van der Waals surface area (Å²) in [6.45, 7) is 2.14. The lowest BCUT2D eigenvalue weighted by molar-refractivity contribution is -0.162. The van der Waals surface area contributed by atoms with E-state index in [9.17, 15) is 0 Å². The highest BCUT2D eigenvalue weighted by Gasteiger charge is 2.13. The van der Waals surface area contributed by atoms with Crippen LogP contribution in [-0.2, 0) is 9.47 Å². The molecule has 1 unspecified atom stereocenters. The summed E-state index contributed by atoms with van der Waals surface area (Å²) in [7, 11) is 0. The van der Waals surface area contributed by atoms with Gasteiger partial charge in [0.2, 0.25) is 0 Å². The van der Waals surface area contributed by atoms with Gasteiger partial charge in [-0.05, 0) is 32.1 Å². The van der Waals surface area contributed by atoms with Gasteiger partial charge < -0.3 is 14.6 Å². The molecule has 1 aliphatic rings. The van der Waals surface area contributed by atoms with E-state index in [0.717, 1.165) is 26.1 Å². The summed E-state index contributed by atoms with van der Waals surface area (Å²) in [6.07, 6.45) is 29.6. The van der Waals surface area contributed by atoms with E-state index in [2.05, 4.69) is 0 Å². The molecule has 0 aromatic heterocycles. The first-order chi connectivity index (χ1) is 14.4. The van der Waals surface area contributed by atoms with Gasteiger partial charge in [0.25, 0.3) is 0 Å². The van der Waals surface area contributed by atoms with Gasteiger partial charge >= 0.3 is 0 Å². The van der Waals surface area contributed by atoms with Crippen molar-refractivity contribution in [3.05, 3.63) is 0 Å². The topological polar surface area (TPSA) is 38.7 Å². The van der Waals surface area contributed by atoms with E-state index in [1.807, 2.05) is 0 Å². The molecule has 1 N–H and O–H groups in total.